The van der Waals surface area contributed by atoms with Crippen molar-refractivity contribution in [2.75, 3.05) is 19.6 Å². The molecule has 1 aromatic rings. The zero-order valence-electron chi connectivity index (χ0n) is 11.7. The van der Waals surface area contributed by atoms with Crippen molar-refractivity contribution in [3.63, 3.8) is 0 Å². The smallest absolute Gasteiger partial charge is 0.270 e. The minimum Gasteiger partial charge on any atom is -0.342 e. The number of amides is 1. The van der Waals surface area contributed by atoms with E-state index in [1.165, 1.54) is 0 Å². The van der Waals surface area contributed by atoms with Crippen LogP contribution in [0.25, 0.3) is 0 Å². The Morgan fingerprint density at radius 1 is 1.47 bits per heavy atom. The molecule has 19 heavy (non-hydrogen) atoms. The zero-order valence-corrected chi connectivity index (χ0v) is 12.4. The van der Waals surface area contributed by atoms with Crippen LogP contribution in [-0.2, 0) is 6.54 Å². The van der Waals surface area contributed by atoms with Gasteiger partial charge in [0.2, 0.25) is 0 Å². The number of nitrogens with one attached hydrogen (secondary N) is 1. The van der Waals surface area contributed by atoms with Gasteiger partial charge in [-0.15, -0.1) is 0 Å². The molecule has 0 aliphatic carbocycles. The van der Waals surface area contributed by atoms with Crippen molar-refractivity contribution < 1.29 is 4.79 Å². The second-order valence-electron chi connectivity index (χ2n) is 5.05. The van der Waals surface area contributed by atoms with Crippen LogP contribution in [0.15, 0.2) is 12.3 Å². The van der Waals surface area contributed by atoms with Gasteiger partial charge >= 0.3 is 0 Å². The average Bonchev–Trinajstić information content (AvgIpc) is 2.67. The summed E-state index contributed by atoms with van der Waals surface area (Å²) in [7, 11) is 0. The second-order valence-corrected chi connectivity index (χ2v) is 5.48. The first-order valence-corrected chi connectivity index (χ1v) is 7.42. The Morgan fingerprint density at radius 2 is 2.21 bits per heavy atom. The van der Waals surface area contributed by atoms with Crippen LogP contribution in [0.4, 0.5) is 0 Å². The summed E-state index contributed by atoms with van der Waals surface area (Å²) in [5.74, 6) is 0.105. The fourth-order valence-corrected chi connectivity index (χ4v) is 2.63. The van der Waals surface area contributed by atoms with Crippen molar-refractivity contribution in [2.24, 2.45) is 0 Å². The number of hydrogen-bond donors (Lipinski definition) is 1. The molecule has 0 atom stereocenters. The standard InChI is InChI=1S/C14H22ClN3O/c1-3-5-17-10-11(15)7-13(17)14(19)18(6-4-2)12-8-16-9-12/h7,10,12,16H,3-6,8-9H2,1-2H3. The fourth-order valence-electron chi connectivity index (χ4n) is 2.41. The molecular formula is C14H22ClN3O. The number of halogens is 1. The minimum atomic E-state index is 0.105. The molecule has 1 fully saturated rings. The van der Waals surface area contributed by atoms with E-state index in [1.807, 2.05) is 15.7 Å². The van der Waals surface area contributed by atoms with Gasteiger partial charge in [0.25, 0.3) is 5.91 Å². The first-order valence-electron chi connectivity index (χ1n) is 7.04. The SMILES string of the molecule is CCCN(C(=O)c1cc(Cl)cn1CCC)C1CNC1. The second kappa shape index (κ2) is 6.44. The Kier molecular flexibility index (Phi) is 4.88. The van der Waals surface area contributed by atoms with E-state index in [4.69, 9.17) is 11.6 Å². The van der Waals surface area contributed by atoms with Crippen molar-refractivity contribution in [1.29, 1.82) is 0 Å². The van der Waals surface area contributed by atoms with Crippen LogP contribution in [-0.4, -0.2) is 41.1 Å². The summed E-state index contributed by atoms with van der Waals surface area (Å²) in [6.45, 7) is 7.63. The summed E-state index contributed by atoms with van der Waals surface area (Å²) in [5.41, 5.74) is 0.715. The Labute approximate surface area is 119 Å². The van der Waals surface area contributed by atoms with Gasteiger partial charge in [0, 0.05) is 32.4 Å². The molecular weight excluding hydrogens is 262 g/mol. The third-order valence-corrected chi connectivity index (χ3v) is 3.68. The van der Waals surface area contributed by atoms with Crippen LogP contribution >= 0.6 is 11.6 Å². The van der Waals surface area contributed by atoms with Crippen molar-refractivity contribution in [3.05, 3.63) is 23.0 Å². The molecule has 0 unspecified atom stereocenters. The molecule has 2 heterocycles. The normalized spacial score (nSPS) is 15.3. The first-order chi connectivity index (χ1) is 9.17. The van der Waals surface area contributed by atoms with Crippen molar-refractivity contribution in [3.8, 4) is 0 Å². The molecule has 0 spiro atoms. The van der Waals surface area contributed by atoms with Crippen LogP contribution in [0.1, 0.15) is 37.2 Å². The number of aryl methyl sites for hydroxylation is 1. The summed E-state index contributed by atoms with van der Waals surface area (Å²) >= 11 is 6.05. The maximum absolute atomic E-state index is 12.7. The topological polar surface area (TPSA) is 37.3 Å². The molecule has 0 bridgehead atoms. The van der Waals surface area contributed by atoms with E-state index >= 15 is 0 Å². The largest absolute Gasteiger partial charge is 0.342 e. The molecule has 2 rings (SSSR count). The lowest BCUT2D eigenvalue weighted by molar-refractivity contribution is 0.0604. The predicted octanol–water partition coefficient (Wildman–Crippen LogP) is 2.38. The molecule has 1 saturated heterocycles. The number of aromatic nitrogens is 1. The lowest BCUT2D eigenvalue weighted by atomic mass is 10.1. The molecule has 1 aliphatic heterocycles. The lowest BCUT2D eigenvalue weighted by Gasteiger charge is -2.38. The predicted molar refractivity (Wildman–Crippen MR) is 77.7 cm³/mol. The number of carbonyl (C=O) groups excluding carboxylic acids is 1. The molecule has 1 N–H and O–H groups in total. The van der Waals surface area contributed by atoms with Gasteiger partial charge in [-0.25, -0.2) is 0 Å². The molecule has 1 aromatic heterocycles. The van der Waals surface area contributed by atoms with Crippen LogP contribution in [0, 0.1) is 0 Å². The zero-order chi connectivity index (χ0) is 13.8. The van der Waals surface area contributed by atoms with E-state index in [-0.39, 0.29) is 5.91 Å². The third kappa shape index (κ3) is 3.12. The maximum atomic E-state index is 12.7. The summed E-state index contributed by atoms with van der Waals surface area (Å²) in [6, 6.07) is 2.12. The third-order valence-electron chi connectivity index (χ3n) is 3.47. The highest BCUT2D eigenvalue weighted by Gasteiger charge is 2.30. The minimum absolute atomic E-state index is 0.105. The maximum Gasteiger partial charge on any atom is 0.270 e. The van der Waals surface area contributed by atoms with Gasteiger partial charge in [-0.3, -0.25) is 4.79 Å². The van der Waals surface area contributed by atoms with Gasteiger partial charge in [0.15, 0.2) is 0 Å². The highest BCUT2D eigenvalue weighted by Crippen LogP contribution is 2.19. The Balaban J connectivity index is 2.20. The van der Waals surface area contributed by atoms with Crippen molar-refractivity contribution in [1.82, 2.24) is 14.8 Å². The summed E-state index contributed by atoms with van der Waals surface area (Å²) < 4.78 is 1.97. The van der Waals surface area contributed by atoms with Gasteiger partial charge in [0.05, 0.1) is 11.1 Å². The Morgan fingerprint density at radius 3 is 2.74 bits per heavy atom. The summed E-state index contributed by atoms with van der Waals surface area (Å²) in [4.78, 5) is 14.7. The van der Waals surface area contributed by atoms with Gasteiger partial charge in [0.1, 0.15) is 5.69 Å². The molecule has 0 aromatic carbocycles. The van der Waals surface area contributed by atoms with Crippen LogP contribution in [0.3, 0.4) is 0 Å². The summed E-state index contributed by atoms with van der Waals surface area (Å²) in [5, 5.41) is 3.86. The van der Waals surface area contributed by atoms with E-state index < -0.39 is 0 Å². The van der Waals surface area contributed by atoms with E-state index in [0.717, 1.165) is 39.0 Å². The van der Waals surface area contributed by atoms with Gasteiger partial charge < -0.3 is 14.8 Å². The van der Waals surface area contributed by atoms with E-state index in [2.05, 4.69) is 19.2 Å². The monoisotopic (exact) mass is 283 g/mol. The van der Waals surface area contributed by atoms with Gasteiger partial charge in [-0.05, 0) is 18.9 Å². The lowest BCUT2D eigenvalue weighted by Crippen LogP contribution is -2.59. The Hall–Kier alpha value is -1.00. The molecule has 0 radical (unpaired) electrons. The quantitative estimate of drug-likeness (QED) is 0.870. The van der Waals surface area contributed by atoms with Crippen molar-refractivity contribution >= 4 is 17.5 Å². The first kappa shape index (κ1) is 14.4. The number of nitrogens with zero attached hydrogens (tertiary/aromatic N) is 2. The summed E-state index contributed by atoms with van der Waals surface area (Å²) in [6.07, 6.45) is 3.82. The molecule has 0 saturated carbocycles. The molecule has 5 heteroatoms. The van der Waals surface area contributed by atoms with Crippen LogP contribution < -0.4 is 5.32 Å². The van der Waals surface area contributed by atoms with E-state index in [9.17, 15) is 4.79 Å². The molecule has 4 nitrogen and oxygen atoms in total. The van der Waals surface area contributed by atoms with Gasteiger partial charge in [-0.1, -0.05) is 25.4 Å². The molecule has 1 aliphatic rings. The molecule has 1 amide bonds. The average molecular weight is 284 g/mol. The number of carbonyl (C=O) groups is 1. The molecule has 106 valence electrons. The highest BCUT2D eigenvalue weighted by molar-refractivity contribution is 6.31. The highest BCUT2D eigenvalue weighted by atomic mass is 35.5. The number of hydrogen-bond acceptors (Lipinski definition) is 2. The fraction of sp³-hybridized carbons (Fsp3) is 0.643. The van der Waals surface area contributed by atoms with E-state index in [0.29, 0.717) is 16.8 Å². The van der Waals surface area contributed by atoms with Crippen LogP contribution in [0.5, 0.6) is 0 Å². The Bertz CT molecular complexity index is 440. The van der Waals surface area contributed by atoms with Crippen molar-refractivity contribution in [2.45, 2.75) is 39.3 Å². The number of rotatable bonds is 6. The van der Waals surface area contributed by atoms with Gasteiger partial charge in [-0.2, -0.15) is 0 Å². The van der Waals surface area contributed by atoms with Crippen LogP contribution in [0.2, 0.25) is 5.02 Å². The van der Waals surface area contributed by atoms with E-state index in [1.54, 1.807) is 6.07 Å².